The minimum atomic E-state index is -3.03. The standard InChI is InChI=1S/C12H20N4O3S/c1-2-3-5-16(9-4-6-20(18,19)8-9)12(17)11-10(13)7-14-15-11/h7,9H,2-6,8,13H2,1H3,(H,14,15). The van der Waals surface area contributed by atoms with E-state index in [-0.39, 0.29) is 34.8 Å². The van der Waals surface area contributed by atoms with Crippen molar-refractivity contribution in [2.24, 2.45) is 0 Å². The molecule has 0 spiro atoms. The molecule has 1 amide bonds. The molecule has 0 saturated carbocycles. The van der Waals surface area contributed by atoms with Crippen LogP contribution in [0.25, 0.3) is 0 Å². The Kier molecular flexibility index (Phi) is 4.32. The number of nitrogen functional groups attached to an aromatic ring is 1. The SMILES string of the molecule is CCCCN(C(=O)c1[nH]ncc1N)C1CCS(=O)(=O)C1. The van der Waals surface area contributed by atoms with Crippen LogP contribution in [0.1, 0.15) is 36.7 Å². The van der Waals surface area contributed by atoms with Crippen LogP contribution < -0.4 is 5.73 Å². The van der Waals surface area contributed by atoms with Gasteiger partial charge in [-0.15, -0.1) is 0 Å². The predicted molar refractivity (Wildman–Crippen MR) is 76.0 cm³/mol. The minimum Gasteiger partial charge on any atom is -0.396 e. The Bertz CT molecular complexity index is 581. The van der Waals surface area contributed by atoms with Crippen LogP contribution in [0, 0.1) is 0 Å². The highest BCUT2D eigenvalue weighted by molar-refractivity contribution is 7.91. The van der Waals surface area contributed by atoms with Gasteiger partial charge in [-0.3, -0.25) is 9.89 Å². The summed E-state index contributed by atoms with van der Waals surface area (Å²) in [4.78, 5) is 14.1. The first-order chi connectivity index (χ1) is 9.44. The molecular formula is C12H20N4O3S. The summed E-state index contributed by atoms with van der Waals surface area (Å²) >= 11 is 0. The van der Waals surface area contributed by atoms with Gasteiger partial charge in [0.1, 0.15) is 5.69 Å². The zero-order valence-corrected chi connectivity index (χ0v) is 12.3. The second-order valence-corrected chi connectivity index (χ2v) is 7.34. The van der Waals surface area contributed by atoms with Crippen molar-refractivity contribution in [3.05, 3.63) is 11.9 Å². The van der Waals surface area contributed by atoms with Crippen molar-refractivity contribution in [1.82, 2.24) is 15.1 Å². The summed E-state index contributed by atoms with van der Waals surface area (Å²) in [6.45, 7) is 2.56. The molecule has 3 N–H and O–H groups in total. The van der Waals surface area contributed by atoms with Crippen molar-refractivity contribution in [3.8, 4) is 0 Å². The van der Waals surface area contributed by atoms with Gasteiger partial charge in [0.25, 0.3) is 5.91 Å². The Balaban J connectivity index is 2.20. The van der Waals surface area contributed by atoms with Crippen molar-refractivity contribution in [3.63, 3.8) is 0 Å². The first-order valence-corrected chi connectivity index (χ1v) is 8.57. The number of hydrogen-bond acceptors (Lipinski definition) is 5. The lowest BCUT2D eigenvalue weighted by Crippen LogP contribution is -2.42. The monoisotopic (exact) mass is 300 g/mol. The molecule has 1 aliphatic rings. The molecule has 20 heavy (non-hydrogen) atoms. The van der Waals surface area contributed by atoms with Gasteiger partial charge >= 0.3 is 0 Å². The minimum absolute atomic E-state index is 0.0382. The van der Waals surface area contributed by atoms with Gasteiger partial charge in [0, 0.05) is 12.6 Å². The molecule has 0 bridgehead atoms. The molecule has 7 nitrogen and oxygen atoms in total. The summed E-state index contributed by atoms with van der Waals surface area (Å²) in [5.41, 5.74) is 6.23. The van der Waals surface area contributed by atoms with E-state index in [1.807, 2.05) is 6.92 Å². The van der Waals surface area contributed by atoms with Gasteiger partial charge in [-0.1, -0.05) is 13.3 Å². The third-order valence-corrected chi connectivity index (χ3v) is 5.30. The van der Waals surface area contributed by atoms with E-state index in [0.717, 1.165) is 12.8 Å². The molecule has 8 heteroatoms. The summed E-state index contributed by atoms with van der Waals surface area (Å²) in [6, 6.07) is -0.262. The van der Waals surface area contributed by atoms with Gasteiger partial charge in [-0.2, -0.15) is 5.10 Å². The number of amides is 1. The maximum absolute atomic E-state index is 12.5. The summed E-state index contributed by atoms with van der Waals surface area (Å²) < 4.78 is 23.2. The molecule has 0 radical (unpaired) electrons. The molecular weight excluding hydrogens is 280 g/mol. The average molecular weight is 300 g/mol. The molecule has 1 saturated heterocycles. The summed E-state index contributed by atoms with van der Waals surface area (Å²) in [5.74, 6) is -0.0849. The van der Waals surface area contributed by atoms with Gasteiger partial charge in [-0.25, -0.2) is 8.42 Å². The third kappa shape index (κ3) is 3.12. The molecule has 1 aromatic heterocycles. The second kappa shape index (κ2) is 5.82. The number of unbranched alkanes of at least 4 members (excludes halogenated alkanes) is 1. The number of aromatic nitrogens is 2. The Morgan fingerprint density at radius 3 is 2.85 bits per heavy atom. The average Bonchev–Trinajstić information content (AvgIpc) is 2.95. The highest BCUT2D eigenvalue weighted by atomic mass is 32.2. The van der Waals surface area contributed by atoms with Crippen LogP contribution in [0.2, 0.25) is 0 Å². The van der Waals surface area contributed by atoms with Crippen molar-refractivity contribution in [1.29, 1.82) is 0 Å². The van der Waals surface area contributed by atoms with Crippen LogP contribution in [-0.4, -0.2) is 53.5 Å². The van der Waals surface area contributed by atoms with Crippen LogP contribution in [0.15, 0.2) is 6.20 Å². The number of rotatable bonds is 5. The van der Waals surface area contributed by atoms with E-state index in [9.17, 15) is 13.2 Å². The van der Waals surface area contributed by atoms with Crippen LogP contribution in [-0.2, 0) is 9.84 Å². The van der Waals surface area contributed by atoms with Crippen molar-refractivity contribution in [2.45, 2.75) is 32.2 Å². The number of H-pyrrole nitrogens is 1. The van der Waals surface area contributed by atoms with E-state index in [2.05, 4.69) is 10.2 Å². The number of carbonyl (C=O) groups excluding carboxylic acids is 1. The lowest BCUT2D eigenvalue weighted by atomic mass is 10.1. The number of aromatic amines is 1. The van der Waals surface area contributed by atoms with Crippen LogP contribution in [0.5, 0.6) is 0 Å². The number of anilines is 1. The lowest BCUT2D eigenvalue weighted by Gasteiger charge is -2.27. The molecule has 0 aromatic carbocycles. The maximum Gasteiger partial charge on any atom is 0.274 e. The fourth-order valence-corrected chi connectivity index (χ4v) is 4.14. The van der Waals surface area contributed by atoms with Crippen LogP contribution in [0.3, 0.4) is 0 Å². The van der Waals surface area contributed by atoms with E-state index in [1.54, 1.807) is 4.90 Å². The predicted octanol–water partition coefficient (Wildman–Crippen LogP) is 0.421. The fraction of sp³-hybridized carbons (Fsp3) is 0.667. The molecule has 1 unspecified atom stereocenters. The fourth-order valence-electron chi connectivity index (χ4n) is 2.41. The number of carbonyl (C=O) groups is 1. The van der Waals surface area contributed by atoms with Gasteiger partial charge in [0.15, 0.2) is 9.84 Å². The van der Waals surface area contributed by atoms with Crippen molar-refractivity contribution >= 4 is 21.4 Å². The van der Waals surface area contributed by atoms with Gasteiger partial charge in [-0.05, 0) is 12.8 Å². The largest absolute Gasteiger partial charge is 0.396 e. The Morgan fingerprint density at radius 1 is 1.60 bits per heavy atom. The van der Waals surface area contributed by atoms with Crippen molar-refractivity contribution < 1.29 is 13.2 Å². The molecule has 1 atom stereocenters. The van der Waals surface area contributed by atoms with E-state index in [0.29, 0.717) is 13.0 Å². The Hall–Kier alpha value is -1.57. The van der Waals surface area contributed by atoms with E-state index in [1.165, 1.54) is 6.20 Å². The van der Waals surface area contributed by atoms with Crippen LogP contribution in [0.4, 0.5) is 5.69 Å². The first kappa shape index (κ1) is 14.8. The van der Waals surface area contributed by atoms with E-state index >= 15 is 0 Å². The first-order valence-electron chi connectivity index (χ1n) is 6.75. The topological polar surface area (TPSA) is 109 Å². The number of nitrogens with one attached hydrogen (secondary N) is 1. The van der Waals surface area contributed by atoms with E-state index in [4.69, 9.17) is 5.73 Å². The molecule has 1 fully saturated rings. The molecule has 112 valence electrons. The Labute approximate surface area is 118 Å². The van der Waals surface area contributed by atoms with Crippen LogP contribution >= 0.6 is 0 Å². The van der Waals surface area contributed by atoms with Gasteiger partial charge in [0.2, 0.25) is 0 Å². The van der Waals surface area contributed by atoms with Gasteiger partial charge in [0.05, 0.1) is 23.4 Å². The zero-order valence-electron chi connectivity index (χ0n) is 11.5. The smallest absolute Gasteiger partial charge is 0.274 e. The maximum atomic E-state index is 12.5. The van der Waals surface area contributed by atoms with E-state index < -0.39 is 9.84 Å². The Morgan fingerprint density at radius 2 is 2.35 bits per heavy atom. The zero-order chi connectivity index (χ0) is 14.8. The molecule has 2 rings (SSSR count). The highest BCUT2D eigenvalue weighted by Gasteiger charge is 2.35. The number of nitrogens with zero attached hydrogens (tertiary/aromatic N) is 2. The van der Waals surface area contributed by atoms with Gasteiger partial charge < -0.3 is 10.6 Å². The number of sulfone groups is 1. The summed E-state index contributed by atoms with van der Waals surface area (Å²) in [6.07, 6.45) is 3.64. The molecule has 2 heterocycles. The third-order valence-electron chi connectivity index (χ3n) is 3.55. The number of nitrogens with two attached hydrogens (primary N) is 1. The summed E-state index contributed by atoms with van der Waals surface area (Å²) in [5, 5.41) is 6.34. The summed E-state index contributed by atoms with van der Waals surface area (Å²) in [7, 11) is -3.03. The highest BCUT2D eigenvalue weighted by Crippen LogP contribution is 2.21. The van der Waals surface area contributed by atoms with Crippen molar-refractivity contribution in [2.75, 3.05) is 23.8 Å². The lowest BCUT2D eigenvalue weighted by molar-refractivity contribution is 0.0689. The normalized spacial score (nSPS) is 20.9. The molecule has 1 aromatic rings. The quantitative estimate of drug-likeness (QED) is 0.819. The number of hydrogen-bond donors (Lipinski definition) is 2. The molecule has 1 aliphatic heterocycles. The second-order valence-electron chi connectivity index (χ2n) is 5.11. The molecule has 0 aliphatic carbocycles.